The number of anilines is 1. The van der Waals surface area contributed by atoms with E-state index in [4.69, 9.17) is 5.11 Å². The van der Waals surface area contributed by atoms with Crippen LogP contribution in [0.15, 0.2) is 24.3 Å². The molecule has 0 atom stereocenters. The molecule has 2 N–H and O–H groups in total. The second-order valence-electron chi connectivity index (χ2n) is 5.48. The van der Waals surface area contributed by atoms with Crippen molar-refractivity contribution in [3.63, 3.8) is 0 Å². The van der Waals surface area contributed by atoms with Gasteiger partial charge < -0.3 is 10.4 Å². The van der Waals surface area contributed by atoms with E-state index in [1.165, 1.54) is 0 Å². The zero-order valence-electron chi connectivity index (χ0n) is 12.9. The molecular formula is C16H24N2O3. The molecule has 0 aliphatic heterocycles. The summed E-state index contributed by atoms with van der Waals surface area (Å²) in [5.41, 5.74) is 1.92. The number of carboxylic acids is 1. The van der Waals surface area contributed by atoms with Crippen LogP contribution in [-0.2, 0) is 9.59 Å². The molecule has 0 heterocycles. The number of nitrogens with one attached hydrogen (secondary N) is 1. The van der Waals surface area contributed by atoms with Gasteiger partial charge in [0.25, 0.3) is 0 Å². The lowest BCUT2D eigenvalue weighted by atomic mass is 10.2. The van der Waals surface area contributed by atoms with Crippen molar-refractivity contribution < 1.29 is 14.7 Å². The second kappa shape index (κ2) is 8.42. The van der Waals surface area contributed by atoms with Gasteiger partial charge in [-0.25, -0.2) is 0 Å². The molecule has 0 saturated carbocycles. The minimum Gasteiger partial charge on any atom is -0.481 e. The molecular weight excluding hydrogens is 268 g/mol. The lowest BCUT2D eigenvalue weighted by Gasteiger charge is -2.25. The number of hydrogen-bond acceptors (Lipinski definition) is 3. The molecule has 0 aliphatic carbocycles. The van der Waals surface area contributed by atoms with Crippen LogP contribution >= 0.6 is 0 Å². The summed E-state index contributed by atoms with van der Waals surface area (Å²) >= 11 is 0. The predicted octanol–water partition coefficient (Wildman–Crippen LogP) is 2.51. The largest absolute Gasteiger partial charge is 0.481 e. The summed E-state index contributed by atoms with van der Waals surface area (Å²) in [6.07, 6.45) is 0.675. The van der Waals surface area contributed by atoms with Crippen LogP contribution in [0.25, 0.3) is 0 Å². The summed E-state index contributed by atoms with van der Waals surface area (Å²) in [6, 6.07) is 7.84. The van der Waals surface area contributed by atoms with Gasteiger partial charge in [-0.1, -0.05) is 17.7 Å². The highest BCUT2D eigenvalue weighted by Gasteiger charge is 2.14. The van der Waals surface area contributed by atoms with E-state index >= 15 is 0 Å². The van der Waals surface area contributed by atoms with Crippen molar-refractivity contribution in [3.8, 4) is 0 Å². The molecule has 21 heavy (non-hydrogen) atoms. The Kier molecular flexibility index (Phi) is 6.88. The standard InChI is InChI=1S/C16H24N2O3/c1-12(2)18(10-4-5-16(20)21)11-15(19)17-14-8-6-13(3)7-9-14/h6-9,12H,4-5,10-11H2,1-3H3,(H,17,19)(H,20,21). The van der Waals surface area contributed by atoms with Crippen LogP contribution < -0.4 is 5.32 Å². The molecule has 0 fully saturated rings. The quantitative estimate of drug-likeness (QED) is 0.772. The first-order valence-electron chi connectivity index (χ1n) is 7.21. The Morgan fingerprint density at radius 3 is 2.38 bits per heavy atom. The van der Waals surface area contributed by atoms with Gasteiger partial charge >= 0.3 is 5.97 Å². The van der Waals surface area contributed by atoms with Crippen LogP contribution in [0.1, 0.15) is 32.3 Å². The van der Waals surface area contributed by atoms with E-state index in [2.05, 4.69) is 5.32 Å². The van der Waals surface area contributed by atoms with Gasteiger partial charge in [-0.2, -0.15) is 0 Å². The molecule has 116 valence electrons. The third kappa shape index (κ3) is 6.90. The van der Waals surface area contributed by atoms with E-state index in [9.17, 15) is 9.59 Å². The molecule has 0 spiro atoms. The second-order valence-corrected chi connectivity index (χ2v) is 5.48. The first-order valence-corrected chi connectivity index (χ1v) is 7.21. The monoisotopic (exact) mass is 292 g/mol. The van der Waals surface area contributed by atoms with E-state index in [-0.39, 0.29) is 24.9 Å². The normalized spacial score (nSPS) is 10.9. The Balaban J connectivity index is 2.48. The molecule has 0 unspecified atom stereocenters. The number of aliphatic carboxylic acids is 1. The van der Waals surface area contributed by atoms with Crippen LogP contribution in [0.5, 0.6) is 0 Å². The van der Waals surface area contributed by atoms with Gasteiger partial charge in [-0.15, -0.1) is 0 Å². The van der Waals surface area contributed by atoms with E-state index in [0.717, 1.165) is 11.3 Å². The number of benzene rings is 1. The number of hydrogen-bond donors (Lipinski definition) is 2. The Labute approximate surface area is 126 Å². The smallest absolute Gasteiger partial charge is 0.303 e. The third-order valence-corrected chi connectivity index (χ3v) is 3.25. The molecule has 1 aromatic rings. The number of amides is 1. The summed E-state index contributed by atoms with van der Waals surface area (Å²) in [5.74, 6) is -0.884. The SMILES string of the molecule is Cc1ccc(NC(=O)CN(CCCC(=O)O)C(C)C)cc1. The first kappa shape index (κ1) is 17.2. The molecule has 1 amide bonds. The Morgan fingerprint density at radius 2 is 1.86 bits per heavy atom. The van der Waals surface area contributed by atoms with Crippen molar-refractivity contribution in [2.75, 3.05) is 18.4 Å². The molecule has 5 nitrogen and oxygen atoms in total. The van der Waals surface area contributed by atoms with Crippen LogP contribution in [0.4, 0.5) is 5.69 Å². The topological polar surface area (TPSA) is 69.6 Å². The average Bonchev–Trinajstić information content (AvgIpc) is 2.39. The molecule has 1 rings (SSSR count). The summed E-state index contributed by atoms with van der Waals surface area (Å²) in [4.78, 5) is 24.6. The molecule has 1 aromatic carbocycles. The van der Waals surface area contributed by atoms with E-state index < -0.39 is 5.97 Å². The predicted molar refractivity (Wildman–Crippen MR) is 83.4 cm³/mol. The number of carboxylic acid groups (broad SMARTS) is 1. The molecule has 5 heteroatoms. The van der Waals surface area contributed by atoms with Crippen molar-refractivity contribution in [1.29, 1.82) is 0 Å². The summed E-state index contributed by atoms with van der Waals surface area (Å²) in [7, 11) is 0. The van der Waals surface area contributed by atoms with Gasteiger partial charge in [-0.05, 0) is 45.9 Å². The summed E-state index contributed by atoms with van der Waals surface area (Å²) in [5, 5.41) is 11.5. The maximum atomic E-state index is 12.0. The fourth-order valence-electron chi connectivity index (χ4n) is 1.98. The highest BCUT2D eigenvalue weighted by molar-refractivity contribution is 5.92. The highest BCUT2D eigenvalue weighted by atomic mass is 16.4. The van der Waals surface area contributed by atoms with Gasteiger partial charge in [0.15, 0.2) is 0 Å². The van der Waals surface area contributed by atoms with Crippen molar-refractivity contribution >= 4 is 17.6 Å². The van der Waals surface area contributed by atoms with Crippen molar-refractivity contribution in [2.45, 2.75) is 39.7 Å². The van der Waals surface area contributed by atoms with Crippen molar-refractivity contribution in [1.82, 2.24) is 4.90 Å². The Bertz CT molecular complexity index is 469. The van der Waals surface area contributed by atoms with Crippen LogP contribution in [0.3, 0.4) is 0 Å². The van der Waals surface area contributed by atoms with Crippen molar-refractivity contribution in [3.05, 3.63) is 29.8 Å². The fraction of sp³-hybridized carbons (Fsp3) is 0.500. The van der Waals surface area contributed by atoms with Crippen LogP contribution in [-0.4, -0.2) is 41.0 Å². The number of aryl methyl sites for hydroxylation is 1. The van der Waals surface area contributed by atoms with E-state index in [1.807, 2.05) is 49.9 Å². The van der Waals surface area contributed by atoms with Gasteiger partial charge in [0.05, 0.1) is 6.54 Å². The van der Waals surface area contributed by atoms with Crippen molar-refractivity contribution in [2.24, 2.45) is 0 Å². The Hall–Kier alpha value is -1.88. The summed E-state index contributed by atoms with van der Waals surface area (Å²) < 4.78 is 0. The molecule has 0 saturated heterocycles. The number of carbonyl (C=O) groups is 2. The van der Waals surface area contributed by atoms with Gasteiger partial charge in [-0.3, -0.25) is 14.5 Å². The fourth-order valence-corrected chi connectivity index (χ4v) is 1.98. The van der Waals surface area contributed by atoms with Crippen LogP contribution in [0.2, 0.25) is 0 Å². The molecule has 0 radical (unpaired) electrons. The molecule has 0 aromatic heterocycles. The Morgan fingerprint density at radius 1 is 1.24 bits per heavy atom. The minimum atomic E-state index is -0.803. The lowest BCUT2D eigenvalue weighted by Crippen LogP contribution is -2.38. The van der Waals surface area contributed by atoms with Gasteiger partial charge in [0, 0.05) is 18.2 Å². The molecule has 0 aliphatic rings. The molecule has 0 bridgehead atoms. The number of nitrogens with zero attached hydrogens (tertiary/aromatic N) is 1. The number of rotatable bonds is 8. The van der Waals surface area contributed by atoms with Gasteiger partial charge in [0.2, 0.25) is 5.91 Å². The van der Waals surface area contributed by atoms with Gasteiger partial charge in [0.1, 0.15) is 0 Å². The maximum Gasteiger partial charge on any atom is 0.303 e. The number of carbonyl (C=O) groups excluding carboxylic acids is 1. The lowest BCUT2D eigenvalue weighted by molar-refractivity contribution is -0.137. The average molecular weight is 292 g/mol. The minimum absolute atomic E-state index is 0.0807. The first-order chi connectivity index (χ1) is 9.88. The van der Waals surface area contributed by atoms with E-state index in [1.54, 1.807) is 0 Å². The third-order valence-electron chi connectivity index (χ3n) is 3.25. The van der Waals surface area contributed by atoms with Crippen LogP contribution in [0, 0.1) is 6.92 Å². The maximum absolute atomic E-state index is 12.0. The highest BCUT2D eigenvalue weighted by Crippen LogP contribution is 2.09. The van der Waals surface area contributed by atoms with E-state index in [0.29, 0.717) is 13.0 Å². The zero-order chi connectivity index (χ0) is 15.8. The summed E-state index contributed by atoms with van der Waals surface area (Å²) in [6.45, 7) is 6.87. The zero-order valence-corrected chi connectivity index (χ0v) is 12.9.